The Morgan fingerprint density at radius 3 is 2.64 bits per heavy atom. The minimum absolute atomic E-state index is 0.470. The predicted octanol–water partition coefficient (Wildman–Crippen LogP) is 0.783. The van der Waals surface area contributed by atoms with Crippen molar-refractivity contribution >= 4 is 6.29 Å². The molecule has 0 aliphatic rings. The van der Waals surface area contributed by atoms with Gasteiger partial charge in [0.15, 0.2) is 6.29 Å². The van der Waals surface area contributed by atoms with Crippen LogP contribution in [0.4, 0.5) is 0 Å². The lowest BCUT2D eigenvalue weighted by molar-refractivity contribution is 0.112. The molecular formula is C9H8N4O. The first kappa shape index (κ1) is 8.55. The number of rotatable bonds is 2. The van der Waals surface area contributed by atoms with Crippen molar-refractivity contribution in [3.63, 3.8) is 0 Å². The third-order valence-electron chi connectivity index (χ3n) is 1.92. The summed E-state index contributed by atoms with van der Waals surface area (Å²) < 4.78 is 1.53. The molecule has 2 rings (SSSR count). The molecule has 0 fully saturated rings. The number of hydrogen-bond donors (Lipinski definition) is 0. The largest absolute Gasteiger partial charge is 0.298 e. The Hall–Kier alpha value is -2.04. The van der Waals surface area contributed by atoms with Gasteiger partial charge in [0.25, 0.3) is 5.95 Å². The van der Waals surface area contributed by atoms with E-state index >= 15 is 0 Å². The zero-order valence-electron chi connectivity index (χ0n) is 7.58. The van der Waals surface area contributed by atoms with Gasteiger partial charge in [-0.05, 0) is 13.0 Å². The van der Waals surface area contributed by atoms with Crippen LogP contribution in [0.3, 0.4) is 0 Å². The Labute approximate surface area is 80.4 Å². The van der Waals surface area contributed by atoms with Gasteiger partial charge in [0, 0.05) is 12.4 Å². The summed E-state index contributed by atoms with van der Waals surface area (Å²) in [4.78, 5) is 18.6. The van der Waals surface area contributed by atoms with Crippen molar-refractivity contribution in [3.05, 3.63) is 35.9 Å². The zero-order valence-corrected chi connectivity index (χ0v) is 7.58. The quantitative estimate of drug-likeness (QED) is 0.653. The molecule has 0 unspecified atom stereocenters. The van der Waals surface area contributed by atoms with Gasteiger partial charge in [-0.15, -0.1) is 0 Å². The van der Waals surface area contributed by atoms with E-state index in [0.29, 0.717) is 11.5 Å². The minimum atomic E-state index is 0.470. The van der Waals surface area contributed by atoms with Gasteiger partial charge in [-0.3, -0.25) is 4.79 Å². The van der Waals surface area contributed by atoms with E-state index in [2.05, 4.69) is 15.1 Å². The van der Waals surface area contributed by atoms with Gasteiger partial charge in [0.05, 0.1) is 17.5 Å². The Morgan fingerprint density at radius 1 is 1.36 bits per heavy atom. The van der Waals surface area contributed by atoms with E-state index in [-0.39, 0.29) is 0 Å². The van der Waals surface area contributed by atoms with Crippen molar-refractivity contribution in [3.8, 4) is 5.95 Å². The number of hydrogen-bond acceptors (Lipinski definition) is 4. The average Bonchev–Trinajstić information content (AvgIpc) is 2.61. The first-order valence-corrected chi connectivity index (χ1v) is 4.10. The topological polar surface area (TPSA) is 60.7 Å². The van der Waals surface area contributed by atoms with Gasteiger partial charge >= 0.3 is 0 Å². The molecule has 0 N–H and O–H groups in total. The molecule has 0 amide bonds. The molecule has 2 aromatic heterocycles. The summed E-state index contributed by atoms with van der Waals surface area (Å²) in [5.74, 6) is 0.470. The van der Waals surface area contributed by atoms with Crippen LogP contribution in [0.1, 0.15) is 16.1 Å². The van der Waals surface area contributed by atoms with Crippen molar-refractivity contribution in [2.75, 3.05) is 0 Å². The highest BCUT2D eigenvalue weighted by atomic mass is 16.1. The van der Waals surface area contributed by atoms with Crippen LogP contribution in [0, 0.1) is 6.92 Å². The first-order valence-electron chi connectivity index (χ1n) is 4.10. The smallest absolute Gasteiger partial charge is 0.250 e. The van der Waals surface area contributed by atoms with Gasteiger partial charge < -0.3 is 0 Å². The Balaban J connectivity index is 2.53. The van der Waals surface area contributed by atoms with Crippen molar-refractivity contribution in [1.29, 1.82) is 0 Å². The Bertz CT molecular complexity index is 449. The molecule has 0 saturated heterocycles. The second-order valence-electron chi connectivity index (χ2n) is 2.76. The normalized spacial score (nSPS) is 10.1. The minimum Gasteiger partial charge on any atom is -0.298 e. The molecule has 0 aliphatic carbocycles. The highest BCUT2D eigenvalue weighted by Crippen LogP contribution is 2.07. The van der Waals surface area contributed by atoms with E-state index < -0.39 is 0 Å². The first-order chi connectivity index (χ1) is 6.83. The number of aldehydes is 1. The molecular weight excluding hydrogens is 180 g/mol. The summed E-state index contributed by atoms with van der Waals surface area (Å²) >= 11 is 0. The second kappa shape index (κ2) is 3.37. The lowest BCUT2D eigenvalue weighted by Gasteiger charge is -2.00. The molecule has 0 bridgehead atoms. The van der Waals surface area contributed by atoms with Gasteiger partial charge in [-0.2, -0.15) is 5.10 Å². The monoisotopic (exact) mass is 188 g/mol. The molecule has 2 aromatic rings. The Kier molecular flexibility index (Phi) is 2.06. The van der Waals surface area contributed by atoms with Crippen LogP contribution in [-0.4, -0.2) is 26.0 Å². The fourth-order valence-electron chi connectivity index (χ4n) is 1.14. The van der Waals surface area contributed by atoms with Gasteiger partial charge in [-0.1, -0.05) is 0 Å². The van der Waals surface area contributed by atoms with E-state index in [0.717, 1.165) is 12.0 Å². The molecule has 5 heteroatoms. The summed E-state index contributed by atoms with van der Waals surface area (Å²) in [5, 5.41) is 4.02. The zero-order chi connectivity index (χ0) is 9.97. The van der Waals surface area contributed by atoms with E-state index in [9.17, 15) is 4.79 Å². The van der Waals surface area contributed by atoms with E-state index in [1.807, 2.05) is 0 Å². The standard InChI is InChI=1S/C9H8N4O/c1-7-8(6-14)5-12-13(7)9-10-3-2-4-11-9/h2-6H,1H3. The summed E-state index contributed by atoms with van der Waals surface area (Å²) in [7, 11) is 0. The van der Waals surface area contributed by atoms with Gasteiger partial charge in [-0.25, -0.2) is 14.6 Å². The lowest BCUT2D eigenvalue weighted by Crippen LogP contribution is -2.03. The van der Waals surface area contributed by atoms with Crippen LogP contribution < -0.4 is 0 Å². The van der Waals surface area contributed by atoms with Crippen LogP contribution in [0.15, 0.2) is 24.7 Å². The molecule has 14 heavy (non-hydrogen) atoms. The summed E-state index contributed by atoms with van der Waals surface area (Å²) in [6.45, 7) is 1.80. The maximum Gasteiger partial charge on any atom is 0.250 e. The van der Waals surface area contributed by atoms with Crippen LogP contribution in [0.25, 0.3) is 5.95 Å². The molecule has 0 radical (unpaired) electrons. The molecule has 0 atom stereocenters. The third kappa shape index (κ3) is 1.28. The molecule has 2 heterocycles. The maximum atomic E-state index is 10.6. The highest BCUT2D eigenvalue weighted by molar-refractivity contribution is 5.76. The number of carbonyl (C=O) groups is 1. The molecule has 0 spiro atoms. The van der Waals surface area contributed by atoms with Crippen molar-refractivity contribution in [1.82, 2.24) is 19.7 Å². The molecule has 0 aliphatic heterocycles. The van der Waals surface area contributed by atoms with Crippen molar-refractivity contribution < 1.29 is 4.79 Å². The average molecular weight is 188 g/mol. The maximum absolute atomic E-state index is 10.6. The van der Waals surface area contributed by atoms with Crippen molar-refractivity contribution in [2.45, 2.75) is 6.92 Å². The summed E-state index contributed by atoms with van der Waals surface area (Å²) in [6.07, 6.45) is 5.52. The SMILES string of the molecule is Cc1c(C=O)cnn1-c1ncccn1. The van der Waals surface area contributed by atoms with Crippen LogP contribution in [-0.2, 0) is 0 Å². The Morgan fingerprint density at radius 2 is 2.07 bits per heavy atom. The second-order valence-corrected chi connectivity index (χ2v) is 2.76. The van der Waals surface area contributed by atoms with Crippen LogP contribution in [0.5, 0.6) is 0 Å². The van der Waals surface area contributed by atoms with E-state index in [1.165, 1.54) is 10.9 Å². The van der Waals surface area contributed by atoms with Crippen LogP contribution in [0.2, 0.25) is 0 Å². The molecule has 0 aromatic carbocycles. The fourth-order valence-corrected chi connectivity index (χ4v) is 1.14. The van der Waals surface area contributed by atoms with Gasteiger partial charge in [0.2, 0.25) is 0 Å². The van der Waals surface area contributed by atoms with Crippen molar-refractivity contribution in [2.24, 2.45) is 0 Å². The highest BCUT2D eigenvalue weighted by Gasteiger charge is 2.07. The lowest BCUT2D eigenvalue weighted by atomic mass is 10.3. The third-order valence-corrected chi connectivity index (χ3v) is 1.92. The van der Waals surface area contributed by atoms with Gasteiger partial charge in [0.1, 0.15) is 0 Å². The number of nitrogens with zero attached hydrogens (tertiary/aromatic N) is 4. The molecule has 5 nitrogen and oxygen atoms in total. The van der Waals surface area contributed by atoms with E-state index in [4.69, 9.17) is 0 Å². The van der Waals surface area contributed by atoms with E-state index in [1.54, 1.807) is 25.4 Å². The fraction of sp³-hybridized carbons (Fsp3) is 0.111. The number of carbonyl (C=O) groups excluding carboxylic acids is 1. The van der Waals surface area contributed by atoms with Crippen LogP contribution >= 0.6 is 0 Å². The number of aromatic nitrogens is 4. The summed E-state index contributed by atoms with van der Waals surface area (Å²) in [6, 6.07) is 1.73. The molecule has 0 saturated carbocycles. The predicted molar refractivity (Wildman–Crippen MR) is 49.3 cm³/mol. The molecule has 70 valence electrons. The summed E-state index contributed by atoms with van der Waals surface area (Å²) in [5.41, 5.74) is 1.30.